The van der Waals surface area contributed by atoms with E-state index in [4.69, 9.17) is 0 Å². The fourth-order valence-electron chi connectivity index (χ4n) is 1.66. The molecule has 90 valence electrons. The number of aromatic amines is 1. The molecule has 2 aromatic rings. The molecular formula is C11H8N4O2S. The first-order valence-electron chi connectivity index (χ1n) is 5.20. The van der Waals surface area contributed by atoms with Crippen LogP contribution in [0.5, 0.6) is 5.88 Å². The number of H-pyrrole nitrogens is 1. The number of rotatable bonds is 1. The molecule has 0 saturated heterocycles. The Morgan fingerprint density at radius 3 is 2.94 bits per heavy atom. The number of nitrogens with zero attached hydrogens (tertiary/aromatic N) is 3. The van der Waals surface area contributed by atoms with Gasteiger partial charge in [-0.25, -0.2) is 0 Å². The van der Waals surface area contributed by atoms with E-state index in [0.717, 1.165) is 10.9 Å². The molecule has 0 fully saturated rings. The minimum atomic E-state index is -0.211. The normalized spacial score (nSPS) is 15.8. The van der Waals surface area contributed by atoms with Crippen LogP contribution in [0.15, 0.2) is 39.5 Å². The molecule has 2 heterocycles. The number of benzene rings is 1. The summed E-state index contributed by atoms with van der Waals surface area (Å²) < 4.78 is 0. The number of aliphatic imine (C=N–C) groups is 1. The Kier molecular flexibility index (Phi) is 2.60. The van der Waals surface area contributed by atoms with Gasteiger partial charge in [-0.15, -0.1) is 10.2 Å². The molecule has 0 radical (unpaired) electrons. The van der Waals surface area contributed by atoms with Crippen LogP contribution in [0, 0.1) is 0 Å². The largest absolute Gasteiger partial charge is 0.493 e. The van der Waals surface area contributed by atoms with Crippen LogP contribution in [-0.2, 0) is 4.79 Å². The summed E-state index contributed by atoms with van der Waals surface area (Å²) in [7, 11) is 0. The standard InChI is InChI=1S/C11H8N4O2S/c16-8-5-18-11(13-8)15-14-9-6-3-1-2-4-7(6)12-10(9)17/h1-4,12,17H,5H2. The topological polar surface area (TPSA) is 90.2 Å². The van der Waals surface area contributed by atoms with E-state index in [1.165, 1.54) is 11.8 Å². The summed E-state index contributed by atoms with van der Waals surface area (Å²) in [5, 5.41) is 18.6. The van der Waals surface area contributed by atoms with Crippen molar-refractivity contribution in [2.75, 3.05) is 5.75 Å². The van der Waals surface area contributed by atoms with Crippen molar-refractivity contribution in [2.24, 2.45) is 15.2 Å². The Balaban J connectivity index is 2.00. The van der Waals surface area contributed by atoms with Gasteiger partial charge in [0.25, 0.3) is 5.91 Å². The van der Waals surface area contributed by atoms with Crippen molar-refractivity contribution >= 4 is 39.4 Å². The van der Waals surface area contributed by atoms with E-state index >= 15 is 0 Å². The minimum Gasteiger partial charge on any atom is -0.493 e. The first-order valence-corrected chi connectivity index (χ1v) is 6.18. The number of aromatic hydroxyl groups is 1. The maximum atomic E-state index is 10.9. The maximum Gasteiger partial charge on any atom is 0.258 e. The molecule has 0 unspecified atom stereocenters. The van der Waals surface area contributed by atoms with Gasteiger partial charge in [-0.3, -0.25) is 4.79 Å². The van der Waals surface area contributed by atoms with E-state index < -0.39 is 0 Å². The number of thioether (sulfide) groups is 1. The molecule has 0 bridgehead atoms. The number of para-hydroxylation sites is 1. The quantitative estimate of drug-likeness (QED) is 0.772. The molecule has 0 saturated carbocycles. The first-order chi connectivity index (χ1) is 8.74. The Morgan fingerprint density at radius 2 is 2.17 bits per heavy atom. The number of aromatic nitrogens is 1. The van der Waals surface area contributed by atoms with E-state index in [1.54, 1.807) is 0 Å². The summed E-state index contributed by atoms with van der Waals surface area (Å²) in [5.41, 5.74) is 1.13. The fourth-order valence-corrected chi connectivity index (χ4v) is 2.24. The number of hydrogen-bond acceptors (Lipinski definition) is 5. The zero-order valence-corrected chi connectivity index (χ0v) is 9.94. The highest BCUT2D eigenvalue weighted by atomic mass is 32.2. The van der Waals surface area contributed by atoms with E-state index in [0.29, 0.717) is 16.6 Å². The summed E-state index contributed by atoms with van der Waals surface area (Å²) >= 11 is 1.23. The third kappa shape index (κ3) is 1.88. The summed E-state index contributed by atoms with van der Waals surface area (Å²) in [6, 6.07) is 7.36. The molecule has 0 aliphatic carbocycles. The third-order valence-corrected chi connectivity index (χ3v) is 3.26. The number of carbonyl (C=O) groups is 1. The molecule has 6 nitrogen and oxygen atoms in total. The van der Waals surface area contributed by atoms with Crippen molar-refractivity contribution in [2.45, 2.75) is 0 Å². The van der Waals surface area contributed by atoms with Crippen molar-refractivity contribution in [3.05, 3.63) is 24.3 Å². The second kappa shape index (κ2) is 4.26. The second-order valence-corrected chi connectivity index (χ2v) is 4.59. The maximum absolute atomic E-state index is 10.9. The average molecular weight is 260 g/mol. The smallest absolute Gasteiger partial charge is 0.258 e. The summed E-state index contributed by atoms with van der Waals surface area (Å²) in [6.45, 7) is 0. The second-order valence-electron chi connectivity index (χ2n) is 3.64. The van der Waals surface area contributed by atoms with E-state index in [1.807, 2.05) is 24.3 Å². The molecule has 7 heteroatoms. The first kappa shape index (κ1) is 11.0. The average Bonchev–Trinajstić information content (AvgIpc) is 2.90. The Morgan fingerprint density at radius 1 is 1.33 bits per heavy atom. The highest BCUT2D eigenvalue weighted by Crippen LogP contribution is 2.35. The van der Waals surface area contributed by atoms with Crippen molar-refractivity contribution in [3.63, 3.8) is 0 Å². The number of hydrogen-bond donors (Lipinski definition) is 2. The molecule has 1 aromatic heterocycles. The van der Waals surface area contributed by atoms with Gasteiger partial charge in [0.05, 0.1) is 11.3 Å². The molecule has 1 amide bonds. The van der Waals surface area contributed by atoms with Gasteiger partial charge in [0.15, 0.2) is 5.69 Å². The van der Waals surface area contributed by atoms with Crippen LogP contribution in [0.3, 0.4) is 0 Å². The van der Waals surface area contributed by atoms with E-state index in [9.17, 15) is 9.90 Å². The van der Waals surface area contributed by atoms with Gasteiger partial charge >= 0.3 is 0 Å². The third-order valence-electron chi connectivity index (χ3n) is 2.44. The minimum absolute atomic E-state index is 0.0464. The van der Waals surface area contributed by atoms with Gasteiger partial charge in [-0.1, -0.05) is 30.0 Å². The number of nitrogens with one attached hydrogen (secondary N) is 1. The molecule has 2 N–H and O–H groups in total. The Bertz CT molecular complexity index is 689. The van der Waals surface area contributed by atoms with Gasteiger partial charge in [0.1, 0.15) is 0 Å². The number of fused-ring (bicyclic) bond motifs is 1. The molecule has 0 spiro atoms. The predicted molar refractivity (Wildman–Crippen MR) is 69.4 cm³/mol. The van der Waals surface area contributed by atoms with Crippen LogP contribution in [-0.4, -0.2) is 26.9 Å². The Hall–Kier alpha value is -2.15. The summed E-state index contributed by atoms with van der Waals surface area (Å²) in [6.07, 6.45) is 0. The molecule has 1 aromatic carbocycles. The van der Waals surface area contributed by atoms with E-state index in [2.05, 4.69) is 20.2 Å². The predicted octanol–water partition coefficient (Wildman–Crippen LogP) is 2.59. The van der Waals surface area contributed by atoms with E-state index in [-0.39, 0.29) is 11.8 Å². The van der Waals surface area contributed by atoms with Crippen molar-refractivity contribution < 1.29 is 9.90 Å². The monoisotopic (exact) mass is 260 g/mol. The van der Waals surface area contributed by atoms with Crippen LogP contribution in [0.25, 0.3) is 10.9 Å². The van der Waals surface area contributed by atoms with Crippen molar-refractivity contribution in [1.29, 1.82) is 0 Å². The molecule has 0 atom stereocenters. The van der Waals surface area contributed by atoms with Gasteiger partial charge in [-0.05, 0) is 6.07 Å². The Labute approximate surface area is 106 Å². The van der Waals surface area contributed by atoms with Crippen LogP contribution in [0.2, 0.25) is 0 Å². The van der Waals surface area contributed by atoms with Crippen LogP contribution in [0.1, 0.15) is 0 Å². The fraction of sp³-hybridized carbons (Fsp3) is 0.0909. The van der Waals surface area contributed by atoms with Gasteiger partial charge in [0.2, 0.25) is 11.0 Å². The zero-order chi connectivity index (χ0) is 12.5. The van der Waals surface area contributed by atoms with Gasteiger partial charge in [-0.2, -0.15) is 4.99 Å². The van der Waals surface area contributed by atoms with Crippen molar-refractivity contribution in [1.82, 2.24) is 4.98 Å². The number of amidine groups is 1. The molecule has 18 heavy (non-hydrogen) atoms. The van der Waals surface area contributed by atoms with Crippen molar-refractivity contribution in [3.8, 4) is 5.88 Å². The summed E-state index contributed by atoms with van der Waals surface area (Å²) in [4.78, 5) is 17.4. The van der Waals surface area contributed by atoms with Crippen LogP contribution >= 0.6 is 11.8 Å². The van der Waals surface area contributed by atoms with Gasteiger partial charge < -0.3 is 10.1 Å². The molecule has 3 rings (SSSR count). The highest BCUT2D eigenvalue weighted by molar-refractivity contribution is 8.14. The number of azo groups is 1. The van der Waals surface area contributed by atoms with Crippen LogP contribution in [0.4, 0.5) is 5.69 Å². The lowest BCUT2D eigenvalue weighted by atomic mass is 10.2. The molecule has 1 aliphatic rings. The zero-order valence-electron chi connectivity index (χ0n) is 9.12. The SMILES string of the molecule is O=C1CSC(N=Nc2c(O)[nH]c3ccccc23)=N1. The lowest BCUT2D eigenvalue weighted by Gasteiger charge is -1.90. The molecular weight excluding hydrogens is 252 g/mol. The summed E-state index contributed by atoms with van der Waals surface area (Å²) in [5.74, 6) is 0.0424. The van der Waals surface area contributed by atoms with Gasteiger partial charge in [0, 0.05) is 5.39 Å². The molecule has 1 aliphatic heterocycles. The number of carbonyl (C=O) groups excluding carboxylic acids is 1. The lowest BCUT2D eigenvalue weighted by Crippen LogP contribution is -1.86. The van der Waals surface area contributed by atoms with Crippen LogP contribution < -0.4 is 0 Å². The number of amides is 1. The lowest BCUT2D eigenvalue weighted by molar-refractivity contribution is -0.115. The highest BCUT2D eigenvalue weighted by Gasteiger charge is 2.15.